The number of carbonyl (C=O) groups excluding carboxylic acids is 1. The first-order valence-electron chi connectivity index (χ1n) is 6.53. The third-order valence-electron chi connectivity index (χ3n) is 2.92. The summed E-state index contributed by atoms with van der Waals surface area (Å²) in [4.78, 5) is 12.1. The van der Waals surface area contributed by atoms with Crippen molar-refractivity contribution < 1.29 is 9.53 Å². The van der Waals surface area contributed by atoms with Gasteiger partial charge in [0.2, 0.25) is 0 Å². The van der Waals surface area contributed by atoms with Crippen LogP contribution in [0.1, 0.15) is 43.1 Å². The lowest BCUT2D eigenvalue weighted by molar-refractivity contribution is 0.0949. The Morgan fingerprint density at radius 2 is 2.11 bits per heavy atom. The van der Waals surface area contributed by atoms with E-state index in [9.17, 15) is 4.79 Å². The maximum absolute atomic E-state index is 12.1. The van der Waals surface area contributed by atoms with Gasteiger partial charge in [0.1, 0.15) is 5.75 Å². The molecule has 1 aromatic rings. The van der Waals surface area contributed by atoms with Gasteiger partial charge in [-0.05, 0) is 36.5 Å². The molecule has 100 valence electrons. The van der Waals surface area contributed by atoms with E-state index in [2.05, 4.69) is 26.1 Å². The average molecular weight is 249 g/mol. The molecule has 0 spiro atoms. The van der Waals surface area contributed by atoms with Gasteiger partial charge in [0.15, 0.2) is 0 Å². The summed E-state index contributed by atoms with van der Waals surface area (Å²) in [6.45, 7) is 7.06. The molecule has 0 aliphatic rings. The molecule has 0 fully saturated rings. The molecule has 0 bridgehead atoms. The molecular formula is C15H23NO2. The number of amides is 1. The first-order valence-corrected chi connectivity index (χ1v) is 6.53. The van der Waals surface area contributed by atoms with E-state index in [-0.39, 0.29) is 5.91 Å². The smallest absolute Gasteiger partial charge is 0.255 e. The summed E-state index contributed by atoms with van der Waals surface area (Å²) in [6.07, 6.45) is 1.90. The van der Waals surface area contributed by atoms with E-state index in [1.165, 1.54) is 0 Å². The highest BCUT2D eigenvalue weighted by molar-refractivity contribution is 5.97. The number of aryl methyl sites for hydroxylation is 1. The van der Waals surface area contributed by atoms with Crippen molar-refractivity contribution in [2.75, 3.05) is 13.7 Å². The van der Waals surface area contributed by atoms with Crippen LogP contribution >= 0.6 is 0 Å². The molecule has 0 heterocycles. The van der Waals surface area contributed by atoms with Crippen LogP contribution in [0.2, 0.25) is 0 Å². The molecule has 1 aromatic carbocycles. The first-order chi connectivity index (χ1) is 8.58. The van der Waals surface area contributed by atoms with Crippen molar-refractivity contribution in [1.82, 2.24) is 5.32 Å². The van der Waals surface area contributed by atoms with Crippen LogP contribution in [-0.2, 0) is 6.42 Å². The Kier molecular flexibility index (Phi) is 5.69. The molecule has 0 atom stereocenters. The van der Waals surface area contributed by atoms with Gasteiger partial charge in [-0.2, -0.15) is 0 Å². The number of rotatable bonds is 6. The summed E-state index contributed by atoms with van der Waals surface area (Å²) in [5.41, 5.74) is 1.77. The molecule has 0 aliphatic carbocycles. The summed E-state index contributed by atoms with van der Waals surface area (Å²) < 4.78 is 5.23. The second kappa shape index (κ2) is 7.04. The topological polar surface area (TPSA) is 38.3 Å². The highest BCUT2D eigenvalue weighted by Crippen LogP contribution is 2.20. The van der Waals surface area contributed by atoms with E-state index >= 15 is 0 Å². The predicted octanol–water partition coefficient (Wildman–Crippen LogP) is 3.03. The summed E-state index contributed by atoms with van der Waals surface area (Å²) in [6, 6.07) is 5.75. The van der Waals surface area contributed by atoms with Gasteiger partial charge < -0.3 is 10.1 Å². The van der Waals surface area contributed by atoms with Crippen molar-refractivity contribution in [2.24, 2.45) is 5.92 Å². The molecule has 0 unspecified atom stereocenters. The van der Waals surface area contributed by atoms with Crippen LogP contribution in [0.15, 0.2) is 18.2 Å². The molecule has 0 radical (unpaired) electrons. The zero-order chi connectivity index (χ0) is 13.5. The van der Waals surface area contributed by atoms with Crippen molar-refractivity contribution in [1.29, 1.82) is 0 Å². The molecule has 0 aromatic heterocycles. The largest absolute Gasteiger partial charge is 0.496 e. The third-order valence-corrected chi connectivity index (χ3v) is 2.92. The Labute approximate surface area is 110 Å². The number of methoxy groups -OCH3 is 1. The van der Waals surface area contributed by atoms with Gasteiger partial charge in [0.25, 0.3) is 5.91 Å². The number of hydrogen-bond donors (Lipinski definition) is 1. The molecule has 0 saturated heterocycles. The molecule has 0 aliphatic heterocycles. The molecule has 18 heavy (non-hydrogen) atoms. The Morgan fingerprint density at radius 3 is 2.67 bits per heavy atom. The molecule has 3 nitrogen and oxygen atoms in total. The minimum Gasteiger partial charge on any atom is -0.496 e. The van der Waals surface area contributed by atoms with Crippen molar-refractivity contribution >= 4 is 5.91 Å². The normalized spacial score (nSPS) is 10.5. The fraction of sp³-hybridized carbons (Fsp3) is 0.533. The van der Waals surface area contributed by atoms with Crippen molar-refractivity contribution in [3.05, 3.63) is 29.3 Å². The maximum Gasteiger partial charge on any atom is 0.255 e. The minimum atomic E-state index is -0.0530. The first kappa shape index (κ1) is 14.6. The molecule has 0 saturated carbocycles. The van der Waals surface area contributed by atoms with Crippen LogP contribution in [0.5, 0.6) is 5.75 Å². The van der Waals surface area contributed by atoms with Gasteiger partial charge in [-0.3, -0.25) is 4.79 Å². The van der Waals surface area contributed by atoms with E-state index < -0.39 is 0 Å². The molecule has 3 heteroatoms. The number of nitrogens with one attached hydrogen (secondary N) is 1. The Morgan fingerprint density at radius 1 is 1.39 bits per heavy atom. The Balaban J connectivity index is 2.76. The number of carbonyl (C=O) groups is 1. The molecule has 1 N–H and O–H groups in total. The van der Waals surface area contributed by atoms with Crippen LogP contribution in [0.4, 0.5) is 0 Å². The standard InChI is InChI=1S/C15H23NO2/c1-5-12-6-7-14(18-4)13(10-12)15(17)16-9-8-11(2)3/h6-7,10-11H,5,8-9H2,1-4H3,(H,16,17). The lowest BCUT2D eigenvalue weighted by atomic mass is 10.1. The average Bonchev–Trinajstić information content (AvgIpc) is 2.37. The lowest BCUT2D eigenvalue weighted by Crippen LogP contribution is -2.25. The van der Waals surface area contributed by atoms with E-state index in [4.69, 9.17) is 4.74 Å². The fourth-order valence-electron chi connectivity index (χ4n) is 1.72. The van der Waals surface area contributed by atoms with Gasteiger partial charge in [0.05, 0.1) is 12.7 Å². The molecule has 1 rings (SSSR count). The lowest BCUT2D eigenvalue weighted by Gasteiger charge is -2.11. The molecular weight excluding hydrogens is 226 g/mol. The minimum absolute atomic E-state index is 0.0530. The summed E-state index contributed by atoms with van der Waals surface area (Å²) in [7, 11) is 1.59. The third kappa shape index (κ3) is 4.06. The zero-order valence-corrected chi connectivity index (χ0v) is 11.7. The summed E-state index contributed by atoms with van der Waals surface area (Å²) in [5, 5.41) is 2.94. The SMILES string of the molecule is CCc1ccc(OC)c(C(=O)NCCC(C)C)c1. The van der Waals surface area contributed by atoms with E-state index in [1.807, 2.05) is 18.2 Å². The number of hydrogen-bond acceptors (Lipinski definition) is 2. The van der Waals surface area contributed by atoms with Crippen molar-refractivity contribution in [3.8, 4) is 5.75 Å². The van der Waals surface area contributed by atoms with Crippen LogP contribution in [0, 0.1) is 5.92 Å². The van der Waals surface area contributed by atoms with E-state index in [1.54, 1.807) is 7.11 Å². The second-order valence-corrected chi connectivity index (χ2v) is 4.83. The van der Waals surface area contributed by atoms with Crippen LogP contribution in [-0.4, -0.2) is 19.6 Å². The van der Waals surface area contributed by atoms with Gasteiger partial charge in [-0.1, -0.05) is 26.8 Å². The van der Waals surface area contributed by atoms with Gasteiger partial charge >= 0.3 is 0 Å². The van der Waals surface area contributed by atoms with Gasteiger partial charge in [-0.15, -0.1) is 0 Å². The van der Waals surface area contributed by atoms with E-state index in [0.717, 1.165) is 18.4 Å². The highest BCUT2D eigenvalue weighted by Gasteiger charge is 2.12. The van der Waals surface area contributed by atoms with Crippen molar-refractivity contribution in [2.45, 2.75) is 33.6 Å². The fourth-order valence-corrected chi connectivity index (χ4v) is 1.72. The number of benzene rings is 1. The monoisotopic (exact) mass is 249 g/mol. The van der Waals surface area contributed by atoms with Gasteiger partial charge in [0, 0.05) is 6.54 Å². The molecule has 1 amide bonds. The maximum atomic E-state index is 12.1. The van der Waals surface area contributed by atoms with Crippen LogP contribution in [0.3, 0.4) is 0 Å². The summed E-state index contributed by atoms with van der Waals surface area (Å²) in [5.74, 6) is 1.17. The van der Waals surface area contributed by atoms with Crippen LogP contribution in [0.25, 0.3) is 0 Å². The van der Waals surface area contributed by atoms with E-state index in [0.29, 0.717) is 23.8 Å². The quantitative estimate of drug-likeness (QED) is 0.841. The van der Waals surface area contributed by atoms with Crippen molar-refractivity contribution in [3.63, 3.8) is 0 Å². The Hall–Kier alpha value is -1.51. The predicted molar refractivity (Wildman–Crippen MR) is 74.2 cm³/mol. The highest BCUT2D eigenvalue weighted by atomic mass is 16.5. The number of ether oxygens (including phenoxy) is 1. The Bertz CT molecular complexity index is 399. The zero-order valence-electron chi connectivity index (χ0n) is 11.7. The van der Waals surface area contributed by atoms with Gasteiger partial charge in [-0.25, -0.2) is 0 Å². The van der Waals surface area contributed by atoms with Crippen LogP contribution < -0.4 is 10.1 Å². The summed E-state index contributed by atoms with van der Waals surface area (Å²) >= 11 is 0. The second-order valence-electron chi connectivity index (χ2n) is 4.83.